The van der Waals surface area contributed by atoms with Gasteiger partial charge >= 0.3 is 0 Å². The number of para-hydroxylation sites is 6. The maximum Gasteiger partial charge on any atom is 0.252 e. The van der Waals surface area contributed by atoms with Gasteiger partial charge in [-0.3, -0.25) is 0 Å². The molecule has 8 heteroatoms. The van der Waals surface area contributed by atoms with E-state index in [-0.39, 0.29) is 13.4 Å². The van der Waals surface area contributed by atoms with Crippen LogP contribution in [0.5, 0.6) is 0 Å². The lowest BCUT2D eigenvalue weighted by Gasteiger charge is -2.47. The van der Waals surface area contributed by atoms with Crippen molar-refractivity contribution in [2.45, 2.75) is 0 Å². The number of furan rings is 2. The third-order valence-corrected chi connectivity index (χ3v) is 18.1. The van der Waals surface area contributed by atoms with Gasteiger partial charge in [0.1, 0.15) is 22.3 Å². The first kappa shape index (κ1) is 44.2. The van der Waals surface area contributed by atoms with E-state index in [4.69, 9.17) is 8.83 Å². The van der Waals surface area contributed by atoms with Crippen molar-refractivity contribution < 1.29 is 8.83 Å². The first-order valence-corrected chi connectivity index (χ1v) is 28.3. The standard InChI is InChI=1S/C74H44B2N4O2/c1-5-25-49(26-6-1)77-59-35-19-17-33-55(59)75-58-41-57-61(42-62(58)80(52-31-11-4-12-32-52)74-70-54-38-46-22-14-16-24-48(46)40-66(54)81-67(70)43-63(77)71(74)75)78(50-27-7-2-8-28-50)64-44-68-69(53-37-45-21-13-15-23-47(45)39-65(53)82-68)73-72(64)76(57)56-34-18-20-36-60(56)79(73)51-29-9-3-10-30-51/h1-44H. The second kappa shape index (κ2) is 16.4. The van der Waals surface area contributed by atoms with Crippen LogP contribution in [0.15, 0.2) is 276 Å². The number of rotatable bonds is 4. The average Bonchev–Trinajstić information content (AvgIpc) is 1.40. The lowest BCUT2D eigenvalue weighted by Crippen LogP contribution is -2.65. The van der Waals surface area contributed by atoms with Gasteiger partial charge in [0.25, 0.3) is 13.4 Å². The molecule has 6 nitrogen and oxygen atoms in total. The van der Waals surface area contributed by atoms with E-state index in [1.807, 2.05) is 0 Å². The molecule has 0 aliphatic carbocycles. The van der Waals surface area contributed by atoms with Gasteiger partial charge in [-0.15, -0.1) is 0 Å². The Bertz CT molecular complexity index is 5200. The van der Waals surface area contributed by atoms with E-state index in [1.165, 1.54) is 43.5 Å². The van der Waals surface area contributed by atoms with Gasteiger partial charge in [-0.1, -0.05) is 164 Å². The SMILES string of the molecule is c1ccc(N2c3cc4c(cc3B3c5ccccc5N(c5ccccc5)c5c3c2cc2oc3cc6ccccc6cc3c52)B2c3ccccc3N(c3ccccc3)c3cc5oc6cc7ccccc7cc6c5c(c32)N4c2ccccc2)cc1. The highest BCUT2D eigenvalue weighted by Crippen LogP contribution is 2.54. The predicted octanol–water partition coefficient (Wildman–Crippen LogP) is 16.0. The van der Waals surface area contributed by atoms with Crippen molar-refractivity contribution in [1.82, 2.24) is 0 Å². The van der Waals surface area contributed by atoms with Crippen LogP contribution in [0.4, 0.5) is 68.2 Å². The summed E-state index contributed by atoms with van der Waals surface area (Å²) < 4.78 is 14.4. The van der Waals surface area contributed by atoms with Crippen LogP contribution in [0.25, 0.3) is 65.4 Å². The normalized spacial score (nSPS) is 13.7. The fraction of sp³-hybridized carbons (Fsp3) is 0. The van der Waals surface area contributed by atoms with Crippen LogP contribution in [0.1, 0.15) is 0 Å². The molecule has 13 aromatic carbocycles. The van der Waals surface area contributed by atoms with Gasteiger partial charge in [0, 0.05) is 79.8 Å². The van der Waals surface area contributed by atoms with Crippen LogP contribution in [-0.4, -0.2) is 13.4 Å². The Balaban J connectivity index is 0.981. The minimum atomic E-state index is -0.171. The number of nitrogens with zero attached hydrogens (tertiary/aromatic N) is 4. The number of hydrogen-bond acceptors (Lipinski definition) is 6. The summed E-state index contributed by atoms with van der Waals surface area (Å²) >= 11 is 0. The average molecular weight is 1040 g/mol. The zero-order valence-electron chi connectivity index (χ0n) is 44.2. The van der Waals surface area contributed by atoms with Crippen LogP contribution in [0, 0.1) is 0 Å². The number of anilines is 12. The first-order chi connectivity index (χ1) is 40.7. The zero-order chi connectivity index (χ0) is 53.3. The smallest absolute Gasteiger partial charge is 0.252 e. The lowest BCUT2D eigenvalue weighted by molar-refractivity contribution is 0.669. The number of fused-ring (bicyclic) bond motifs is 18. The molecule has 2 aromatic heterocycles. The molecule has 6 heterocycles. The maximum atomic E-state index is 7.22. The summed E-state index contributed by atoms with van der Waals surface area (Å²) in [5.74, 6) is 0. The van der Waals surface area contributed by atoms with Gasteiger partial charge < -0.3 is 28.4 Å². The van der Waals surface area contributed by atoms with Gasteiger partial charge in [0.05, 0.1) is 22.1 Å². The molecule has 0 spiro atoms. The highest BCUT2D eigenvalue weighted by Gasteiger charge is 2.50. The highest BCUT2D eigenvalue weighted by atomic mass is 16.3. The van der Waals surface area contributed by atoms with Crippen LogP contribution >= 0.6 is 0 Å². The summed E-state index contributed by atoms with van der Waals surface area (Å²) in [6.45, 7) is -0.342. The Morgan fingerprint density at radius 2 is 0.585 bits per heavy atom. The molecule has 0 atom stereocenters. The molecule has 0 unspecified atom stereocenters. The summed E-state index contributed by atoms with van der Waals surface area (Å²) in [6, 6.07) is 98.2. The third kappa shape index (κ3) is 5.94. The van der Waals surface area contributed by atoms with E-state index in [2.05, 4.69) is 287 Å². The molecule has 0 fully saturated rings. The maximum absolute atomic E-state index is 7.22. The van der Waals surface area contributed by atoms with Gasteiger partial charge in [-0.05, 0) is 145 Å². The van der Waals surface area contributed by atoms with E-state index in [1.54, 1.807) is 0 Å². The van der Waals surface area contributed by atoms with Crippen molar-refractivity contribution in [1.29, 1.82) is 0 Å². The quantitative estimate of drug-likeness (QED) is 0.164. The van der Waals surface area contributed by atoms with Crippen molar-refractivity contribution >= 4 is 180 Å². The Labute approximate surface area is 472 Å². The molecule has 82 heavy (non-hydrogen) atoms. The van der Waals surface area contributed by atoms with Crippen LogP contribution in [0.2, 0.25) is 0 Å². The second-order valence-electron chi connectivity index (χ2n) is 22.3. The Hall–Kier alpha value is -10.7. The molecule has 378 valence electrons. The van der Waals surface area contributed by atoms with Crippen molar-refractivity contribution in [3.63, 3.8) is 0 Å². The van der Waals surface area contributed by atoms with Crippen LogP contribution < -0.4 is 52.4 Å². The monoisotopic (exact) mass is 1040 g/mol. The van der Waals surface area contributed by atoms with Gasteiger partial charge in [0.15, 0.2) is 0 Å². The first-order valence-electron chi connectivity index (χ1n) is 28.3. The van der Waals surface area contributed by atoms with Gasteiger partial charge in [-0.2, -0.15) is 0 Å². The minimum Gasteiger partial charge on any atom is -0.456 e. The van der Waals surface area contributed by atoms with E-state index >= 15 is 0 Å². The molecule has 0 radical (unpaired) electrons. The van der Waals surface area contributed by atoms with Crippen molar-refractivity contribution in [2.24, 2.45) is 0 Å². The molecule has 0 saturated heterocycles. The molecule has 4 aliphatic rings. The van der Waals surface area contributed by atoms with E-state index in [9.17, 15) is 0 Å². The molecule has 4 aliphatic heterocycles. The molecule has 19 rings (SSSR count). The third-order valence-electron chi connectivity index (χ3n) is 18.1. The summed E-state index contributed by atoms with van der Waals surface area (Å²) in [4.78, 5) is 10.1. The lowest BCUT2D eigenvalue weighted by atomic mass is 9.30. The summed E-state index contributed by atoms with van der Waals surface area (Å²) in [7, 11) is 0. The largest absolute Gasteiger partial charge is 0.456 e. The molecular weight excluding hydrogens is 998 g/mol. The molecule has 0 bridgehead atoms. The molecule has 0 saturated carbocycles. The Kier molecular flexibility index (Phi) is 8.86. The van der Waals surface area contributed by atoms with Crippen LogP contribution in [0.3, 0.4) is 0 Å². The fourth-order valence-corrected chi connectivity index (χ4v) is 14.8. The number of benzene rings is 13. The van der Waals surface area contributed by atoms with E-state index in [0.29, 0.717) is 0 Å². The van der Waals surface area contributed by atoms with Gasteiger partial charge in [-0.25, -0.2) is 0 Å². The Morgan fingerprint density at radius 3 is 1.04 bits per heavy atom. The van der Waals surface area contributed by atoms with Crippen molar-refractivity contribution in [3.8, 4) is 0 Å². The predicted molar refractivity (Wildman–Crippen MR) is 344 cm³/mol. The topological polar surface area (TPSA) is 39.2 Å². The Morgan fingerprint density at radius 1 is 0.244 bits per heavy atom. The molecule has 0 N–H and O–H groups in total. The summed E-state index contributed by atoms with van der Waals surface area (Å²) in [6.07, 6.45) is 0. The summed E-state index contributed by atoms with van der Waals surface area (Å²) in [5, 5.41) is 9.05. The van der Waals surface area contributed by atoms with E-state index in [0.717, 1.165) is 123 Å². The van der Waals surface area contributed by atoms with Gasteiger partial charge in [0.2, 0.25) is 0 Å². The van der Waals surface area contributed by atoms with E-state index < -0.39 is 0 Å². The van der Waals surface area contributed by atoms with Crippen LogP contribution in [-0.2, 0) is 0 Å². The highest BCUT2D eigenvalue weighted by molar-refractivity contribution is 7.03. The van der Waals surface area contributed by atoms with Crippen molar-refractivity contribution in [2.75, 3.05) is 19.6 Å². The van der Waals surface area contributed by atoms with Crippen molar-refractivity contribution in [3.05, 3.63) is 267 Å². The molecule has 15 aromatic rings. The summed E-state index contributed by atoms with van der Waals surface area (Å²) in [5.41, 5.74) is 24.2. The fourth-order valence-electron chi connectivity index (χ4n) is 14.8. The number of hydrogen-bond donors (Lipinski definition) is 0. The zero-order valence-corrected chi connectivity index (χ0v) is 44.2. The molecule has 0 amide bonds. The second-order valence-corrected chi connectivity index (χ2v) is 22.3. The minimum absolute atomic E-state index is 0.171. The molecular formula is C74H44B2N4O2.